The first-order valence-corrected chi connectivity index (χ1v) is 3.58. The van der Waals surface area contributed by atoms with Crippen molar-refractivity contribution in [1.29, 1.82) is 0 Å². The van der Waals surface area contributed by atoms with Crippen LogP contribution in [0.2, 0.25) is 0 Å². The van der Waals surface area contributed by atoms with Gasteiger partial charge in [-0.3, -0.25) is 4.79 Å². The molecule has 0 atom stereocenters. The molecule has 3 heteroatoms. The van der Waals surface area contributed by atoms with Gasteiger partial charge in [0.2, 0.25) is 0 Å². The Bertz CT molecular complexity index is 473. The van der Waals surface area contributed by atoms with E-state index in [-0.39, 0.29) is 5.75 Å². The van der Waals surface area contributed by atoms with E-state index < -0.39 is 5.56 Å². The van der Waals surface area contributed by atoms with Crippen LogP contribution in [0.25, 0.3) is 10.9 Å². The minimum Gasteiger partial charge on any atom is -0.503 e. The molecule has 0 aliphatic rings. The highest BCUT2D eigenvalue weighted by molar-refractivity contribution is 5.79. The van der Waals surface area contributed by atoms with Crippen LogP contribution in [0.5, 0.6) is 5.75 Å². The Morgan fingerprint density at radius 1 is 1.25 bits per heavy atom. The highest BCUT2D eigenvalue weighted by Gasteiger charge is 1.97. The van der Waals surface area contributed by atoms with E-state index in [2.05, 4.69) is 4.98 Å². The number of aromatic hydroxyl groups is 1. The zero-order valence-corrected chi connectivity index (χ0v) is 6.24. The Balaban J connectivity index is 2.93. The van der Waals surface area contributed by atoms with Crippen molar-refractivity contribution >= 4 is 10.9 Å². The number of rotatable bonds is 0. The lowest BCUT2D eigenvalue weighted by Gasteiger charge is -1.96. The third-order valence-electron chi connectivity index (χ3n) is 1.73. The van der Waals surface area contributed by atoms with Gasteiger partial charge < -0.3 is 10.1 Å². The molecule has 0 unspecified atom stereocenters. The second-order valence-corrected chi connectivity index (χ2v) is 2.57. The largest absolute Gasteiger partial charge is 0.503 e. The first kappa shape index (κ1) is 6.91. The van der Waals surface area contributed by atoms with E-state index in [4.69, 9.17) is 5.11 Å². The second kappa shape index (κ2) is 2.37. The topological polar surface area (TPSA) is 53.1 Å². The molecule has 0 saturated heterocycles. The standard InChI is InChI=1S/C9H7NO2/c11-8-5-6-3-1-2-4-7(6)10-9(8)12/h1-5,11H,(H,10,12). The summed E-state index contributed by atoms with van der Waals surface area (Å²) in [4.78, 5) is 13.5. The summed E-state index contributed by atoms with van der Waals surface area (Å²) in [6.45, 7) is 0. The van der Waals surface area contributed by atoms with Crippen LogP contribution >= 0.6 is 0 Å². The molecule has 0 fully saturated rings. The van der Waals surface area contributed by atoms with Crippen LogP contribution < -0.4 is 5.56 Å². The molecule has 2 N–H and O–H groups in total. The van der Waals surface area contributed by atoms with E-state index in [1.165, 1.54) is 6.07 Å². The molecule has 0 saturated carbocycles. The Hall–Kier alpha value is -1.77. The lowest BCUT2D eigenvalue weighted by atomic mass is 10.2. The maximum atomic E-state index is 10.9. The van der Waals surface area contributed by atoms with E-state index in [0.717, 1.165) is 10.9 Å². The highest BCUT2D eigenvalue weighted by atomic mass is 16.3. The fraction of sp³-hybridized carbons (Fsp3) is 0. The van der Waals surface area contributed by atoms with Crippen LogP contribution in [0.4, 0.5) is 0 Å². The van der Waals surface area contributed by atoms with Gasteiger partial charge in [0.25, 0.3) is 5.56 Å². The molecule has 0 aliphatic heterocycles. The predicted octanol–water partition coefficient (Wildman–Crippen LogP) is 1.23. The minimum absolute atomic E-state index is 0.242. The quantitative estimate of drug-likeness (QED) is 0.610. The summed E-state index contributed by atoms with van der Waals surface area (Å²) in [5.41, 5.74) is 0.286. The first-order chi connectivity index (χ1) is 5.77. The van der Waals surface area contributed by atoms with Crippen molar-refractivity contribution in [3.05, 3.63) is 40.7 Å². The zero-order chi connectivity index (χ0) is 8.55. The van der Waals surface area contributed by atoms with E-state index in [9.17, 15) is 4.79 Å². The molecule has 60 valence electrons. The van der Waals surface area contributed by atoms with Crippen LogP contribution in [-0.4, -0.2) is 10.1 Å². The Kier molecular flexibility index (Phi) is 1.37. The van der Waals surface area contributed by atoms with Gasteiger partial charge in [-0.1, -0.05) is 18.2 Å². The van der Waals surface area contributed by atoms with Crippen LogP contribution in [0.3, 0.4) is 0 Å². The highest BCUT2D eigenvalue weighted by Crippen LogP contribution is 2.12. The van der Waals surface area contributed by atoms with Crippen molar-refractivity contribution in [3.8, 4) is 5.75 Å². The number of hydrogen-bond donors (Lipinski definition) is 2. The van der Waals surface area contributed by atoms with Gasteiger partial charge in [-0.15, -0.1) is 0 Å². The second-order valence-electron chi connectivity index (χ2n) is 2.57. The normalized spacial score (nSPS) is 10.3. The van der Waals surface area contributed by atoms with Crippen LogP contribution in [-0.2, 0) is 0 Å². The number of aromatic nitrogens is 1. The molecular weight excluding hydrogens is 154 g/mol. The Morgan fingerprint density at radius 3 is 2.83 bits per heavy atom. The predicted molar refractivity (Wildman–Crippen MR) is 46.2 cm³/mol. The summed E-state index contributed by atoms with van der Waals surface area (Å²) in [5.74, 6) is -0.242. The van der Waals surface area contributed by atoms with Gasteiger partial charge in [0.1, 0.15) is 0 Å². The Morgan fingerprint density at radius 2 is 2.00 bits per heavy atom. The number of nitrogens with one attached hydrogen (secondary N) is 1. The number of aromatic amines is 1. The van der Waals surface area contributed by atoms with Crippen molar-refractivity contribution in [1.82, 2.24) is 4.98 Å². The maximum absolute atomic E-state index is 10.9. The summed E-state index contributed by atoms with van der Waals surface area (Å²) in [7, 11) is 0. The summed E-state index contributed by atoms with van der Waals surface area (Å²) in [6.07, 6.45) is 0. The molecule has 3 nitrogen and oxygen atoms in total. The molecule has 2 aromatic rings. The third kappa shape index (κ3) is 0.955. The van der Waals surface area contributed by atoms with Crippen molar-refractivity contribution in [2.45, 2.75) is 0 Å². The fourth-order valence-corrected chi connectivity index (χ4v) is 1.14. The number of pyridine rings is 1. The molecule has 0 amide bonds. The van der Waals surface area contributed by atoms with Crippen LogP contribution in [0.1, 0.15) is 0 Å². The van der Waals surface area contributed by atoms with Crippen LogP contribution in [0.15, 0.2) is 35.1 Å². The van der Waals surface area contributed by atoms with Crippen LogP contribution in [0, 0.1) is 0 Å². The van der Waals surface area contributed by atoms with Gasteiger partial charge in [-0.05, 0) is 12.1 Å². The first-order valence-electron chi connectivity index (χ1n) is 3.58. The molecule has 1 heterocycles. The summed E-state index contributed by atoms with van der Waals surface area (Å²) < 4.78 is 0. The molecular formula is C9H7NO2. The van der Waals surface area contributed by atoms with Crippen molar-refractivity contribution < 1.29 is 5.11 Å². The Labute approximate surface area is 68.3 Å². The maximum Gasteiger partial charge on any atom is 0.290 e. The fourth-order valence-electron chi connectivity index (χ4n) is 1.14. The zero-order valence-electron chi connectivity index (χ0n) is 6.24. The van der Waals surface area contributed by atoms with Gasteiger partial charge in [0.05, 0.1) is 0 Å². The number of benzene rings is 1. The lowest BCUT2D eigenvalue weighted by Crippen LogP contribution is -2.03. The lowest BCUT2D eigenvalue weighted by molar-refractivity contribution is 0.468. The van der Waals surface area contributed by atoms with E-state index >= 15 is 0 Å². The number of H-pyrrole nitrogens is 1. The number of hydrogen-bond acceptors (Lipinski definition) is 2. The smallest absolute Gasteiger partial charge is 0.290 e. The molecule has 12 heavy (non-hydrogen) atoms. The van der Waals surface area contributed by atoms with Gasteiger partial charge in [-0.2, -0.15) is 0 Å². The number of fused-ring (bicyclic) bond motifs is 1. The third-order valence-corrected chi connectivity index (χ3v) is 1.73. The SMILES string of the molecule is O=c1[nH]c2ccccc2cc1O. The summed E-state index contributed by atoms with van der Waals surface area (Å²) in [5, 5.41) is 9.90. The average Bonchev–Trinajstić information content (AvgIpc) is 2.07. The van der Waals surface area contributed by atoms with Gasteiger partial charge in [0.15, 0.2) is 5.75 Å². The van der Waals surface area contributed by atoms with E-state index in [0.29, 0.717) is 0 Å². The molecule has 1 aromatic carbocycles. The monoisotopic (exact) mass is 161 g/mol. The van der Waals surface area contributed by atoms with E-state index in [1.54, 1.807) is 6.07 Å². The molecule has 0 bridgehead atoms. The molecule has 0 radical (unpaired) electrons. The van der Waals surface area contributed by atoms with E-state index in [1.807, 2.05) is 18.2 Å². The van der Waals surface area contributed by atoms with Gasteiger partial charge >= 0.3 is 0 Å². The molecule has 0 aliphatic carbocycles. The molecule has 2 rings (SSSR count). The van der Waals surface area contributed by atoms with Gasteiger partial charge in [-0.25, -0.2) is 0 Å². The number of para-hydroxylation sites is 1. The minimum atomic E-state index is -0.450. The molecule has 1 aromatic heterocycles. The summed E-state index contributed by atoms with van der Waals surface area (Å²) >= 11 is 0. The molecule has 0 spiro atoms. The summed E-state index contributed by atoms with van der Waals surface area (Å²) in [6, 6.07) is 8.74. The van der Waals surface area contributed by atoms with Crippen molar-refractivity contribution in [3.63, 3.8) is 0 Å². The van der Waals surface area contributed by atoms with Crippen molar-refractivity contribution in [2.75, 3.05) is 0 Å². The average molecular weight is 161 g/mol. The van der Waals surface area contributed by atoms with Crippen molar-refractivity contribution in [2.24, 2.45) is 0 Å². The van der Waals surface area contributed by atoms with Gasteiger partial charge in [0, 0.05) is 10.9 Å².